The number of hydrogen-bond donors (Lipinski definition) is 0. The fourth-order valence-electron chi connectivity index (χ4n) is 2.38. The summed E-state index contributed by atoms with van der Waals surface area (Å²) in [6.45, 7) is 0. The van der Waals surface area contributed by atoms with Gasteiger partial charge in [-0.05, 0) is 41.5 Å². The summed E-state index contributed by atoms with van der Waals surface area (Å²) >= 11 is 0. The molecule has 102 valence electrons. The summed E-state index contributed by atoms with van der Waals surface area (Å²) in [6.07, 6.45) is 1.67. The summed E-state index contributed by atoms with van der Waals surface area (Å²) in [5.74, 6) is 0. The molecule has 0 aliphatic rings. The average molecular weight is 273 g/mol. The number of rotatable bonds is 2. The quantitative estimate of drug-likeness (QED) is 0.712. The van der Waals surface area contributed by atoms with Crippen LogP contribution in [0.4, 0.5) is 5.69 Å². The van der Waals surface area contributed by atoms with Crippen molar-refractivity contribution in [3.63, 3.8) is 0 Å². The van der Waals surface area contributed by atoms with Gasteiger partial charge < -0.3 is 4.90 Å². The van der Waals surface area contributed by atoms with E-state index < -0.39 is 0 Å². The maximum Gasteiger partial charge on any atom is 0.0999 e. The first-order valence-corrected chi connectivity index (χ1v) is 6.75. The lowest BCUT2D eigenvalue weighted by molar-refractivity contribution is 1.13. The van der Waals surface area contributed by atoms with Gasteiger partial charge in [-0.15, -0.1) is 0 Å². The molecule has 0 fully saturated rings. The van der Waals surface area contributed by atoms with Crippen molar-refractivity contribution in [3.05, 3.63) is 60.3 Å². The zero-order valence-electron chi connectivity index (χ0n) is 12.0. The molecular formula is C18H15N3. The van der Waals surface area contributed by atoms with Crippen molar-refractivity contribution in [2.75, 3.05) is 19.0 Å². The Morgan fingerprint density at radius 1 is 0.952 bits per heavy atom. The van der Waals surface area contributed by atoms with Crippen LogP contribution in [0, 0.1) is 11.3 Å². The van der Waals surface area contributed by atoms with E-state index in [1.165, 1.54) is 5.69 Å². The predicted molar refractivity (Wildman–Crippen MR) is 86.2 cm³/mol. The molecule has 0 saturated heterocycles. The van der Waals surface area contributed by atoms with Crippen LogP contribution in [0.15, 0.2) is 54.7 Å². The topological polar surface area (TPSA) is 39.9 Å². The number of hydrogen-bond acceptors (Lipinski definition) is 3. The van der Waals surface area contributed by atoms with E-state index in [0.29, 0.717) is 5.56 Å². The molecule has 0 saturated carbocycles. The van der Waals surface area contributed by atoms with Crippen molar-refractivity contribution < 1.29 is 0 Å². The summed E-state index contributed by atoms with van der Waals surface area (Å²) in [6, 6.07) is 18.4. The second-order valence-corrected chi connectivity index (χ2v) is 5.14. The van der Waals surface area contributed by atoms with Gasteiger partial charge in [0.1, 0.15) is 0 Å². The van der Waals surface area contributed by atoms with E-state index in [2.05, 4.69) is 40.2 Å². The molecule has 0 atom stereocenters. The maximum atomic E-state index is 9.21. The lowest BCUT2D eigenvalue weighted by Crippen LogP contribution is -2.07. The molecule has 0 amide bonds. The predicted octanol–water partition coefficient (Wildman–Crippen LogP) is 3.84. The van der Waals surface area contributed by atoms with Gasteiger partial charge in [-0.25, -0.2) is 0 Å². The molecule has 3 aromatic rings. The van der Waals surface area contributed by atoms with Gasteiger partial charge >= 0.3 is 0 Å². The highest BCUT2D eigenvalue weighted by Gasteiger charge is 2.05. The molecule has 0 radical (unpaired) electrons. The van der Waals surface area contributed by atoms with Crippen LogP contribution in [0.25, 0.3) is 22.0 Å². The first kappa shape index (κ1) is 13.1. The molecule has 0 aliphatic heterocycles. The summed E-state index contributed by atoms with van der Waals surface area (Å²) < 4.78 is 0. The minimum absolute atomic E-state index is 0.659. The van der Waals surface area contributed by atoms with Crippen LogP contribution >= 0.6 is 0 Å². The van der Waals surface area contributed by atoms with E-state index in [0.717, 1.165) is 22.0 Å². The highest BCUT2D eigenvalue weighted by atomic mass is 15.1. The molecule has 3 heteroatoms. The Morgan fingerprint density at radius 2 is 1.67 bits per heavy atom. The molecule has 21 heavy (non-hydrogen) atoms. The largest absolute Gasteiger partial charge is 0.378 e. The number of benzene rings is 2. The Labute approximate surface area is 124 Å². The van der Waals surface area contributed by atoms with Crippen molar-refractivity contribution in [3.8, 4) is 17.2 Å². The van der Waals surface area contributed by atoms with E-state index in [-0.39, 0.29) is 0 Å². The Kier molecular flexibility index (Phi) is 3.29. The molecular weight excluding hydrogens is 258 g/mol. The fraction of sp³-hybridized carbons (Fsp3) is 0.111. The van der Waals surface area contributed by atoms with Crippen molar-refractivity contribution in [1.82, 2.24) is 4.98 Å². The van der Waals surface area contributed by atoms with Crippen LogP contribution in [0.2, 0.25) is 0 Å². The molecule has 0 unspecified atom stereocenters. The number of aromatic nitrogens is 1. The van der Waals surface area contributed by atoms with Crippen LogP contribution in [-0.2, 0) is 0 Å². The number of nitriles is 1. The van der Waals surface area contributed by atoms with Gasteiger partial charge in [-0.2, -0.15) is 5.26 Å². The SMILES string of the molecule is CN(C)c1ccc(-c2ccc3nccc(C#N)c3c2)cc1. The van der Waals surface area contributed by atoms with Crippen molar-refractivity contribution in [2.24, 2.45) is 0 Å². The third kappa shape index (κ3) is 2.44. The van der Waals surface area contributed by atoms with Crippen LogP contribution < -0.4 is 4.90 Å². The lowest BCUT2D eigenvalue weighted by Gasteiger charge is -2.13. The molecule has 0 bridgehead atoms. The standard InChI is InChI=1S/C18H15N3/c1-21(2)16-6-3-13(4-7-16)14-5-8-18-17(11-14)15(12-19)9-10-20-18/h3-11H,1-2H3. The molecule has 3 nitrogen and oxygen atoms in total. The molecule has 2 aromatic carbocycles. The third-order valence-electron chi connectivity index (χ3n) is 3.58. The molecule has 0 spiro atoms. The summed E-state index contributed by atoms with van der Waals surface area (Å²) in [5, 5.41) is 10.1. The second kappa shape index (κ2) is 5.26. The normalized spacial score (nSPS) is 10.3. The van der Waals surface area contributed by atoms with E-state index in [1.54, 1.807) is 12.3 Å². The van der Waals surface area contributed by atoms with Crippen molar-refractivity contribution in [1.29, 1.82) is 5.26 Å². The minimum Gasteiger partial charge on any atom is -0.378 e. The van der Waals surface area contributed by atoms with E-state index in [9.17, 15) is 5.26 Å². The Morgan fingerprint density at radius 3 is 2.33 bits per heavy atom. The van der Waals surface area contributed by atoms with Gasteiger partial charge in [0.25, 0.3) is 0 Å². The van der Waals surface area contributed by atoms with Gasteiger partial charge in [-0.3, -0.25) is 4.98 Å². The lowest BCUT2D eigenvalue weighted by atomic mass is 10.0. The highest BCUT2D eigenvalue weighted by molar-refractivity contribution is 5.89. The van der Waals surface area contributed by atoms with Gasteiger partial charge in [0.05, 0.1) is 17.1 Å². The van der Waals surface area contributed by atoms with Gasteiger partial charge in [-0.1, -0.05) is 18.2 Å². The third-order valence-corrected chi connectivity index (χ3v) is 3.58. The Bertz CT molecular complexity index is 827. The van der Waals surface area contributed by atoms with Gasteiger partial charge in [0, 0.05) is 31.4 Å². The number of anilines is 1. The summed E-state index contributed by atoms with van der Waals surface area (Å²) in [7, 11) is 4.05. The zero-order chi connectivity index (χ0) is 14.8. The zero-order valence-corrected chi connectivity index (χ0v) is 12.0. The molecule has 3 rings (SSSR count). The van der Waals surface area contributed by atoms with Crippen molar-refractivity contribution in [2.45, 2.75) is 0 Å². The van der Waals surface area contributed by atoms with Crippen LogP contribution in [-0.4, -0.2) is 19.1 Å². The molecule has 0 aliphatic carbocycles. The maximum absolute atomic E-state index is 9.21. The van der Waals surface area contributed by atoms with Crippen molar-refractivity contribution >= 4 is 16.6 Å². The van der Waals surface area contributed by atoms with Crippen LogP contribution in [0.3, 0.4) is 0 Å². The highest BCUT2D eigenvalue weighted by Crippen LogP contribution is 2.26. The van der Waals surface area contributed by atoms with Gasteiger partial charge in [0.2, 0.25) is 0 Å². The first-order chi connectivity index (χ1) is 10.2. The fourth-order valence-corrected chi connectivity index (χ4v) is 2.38. The van der Waals surface area contributed by atoms with E-state index in [4.69, 9.17) is 0 Å². The molecule has 1 heterocycles. The Balaban J connectivity index is 2.10. The number of fused-ring (bicyclic) bond motifs is 1. The van der Waals surface area contributed by atoms with E-state index in [1.807, 2.05) is 32.3 Å². The second-order valence-electron chi connectivity index (χ2n) is 5.14. The molecule has 1 aromatic heterocycles. The summed E-state index contributed by atoms with van der Waals surface area (Å²) in [5.41, 5.74) is 4.90. The number of pyridine rings is 1. The monoisotopic (exact) mass is 273 g/mol. The van der Waals surface area contributed by atoms with E-state index >= 15 is 0 Å². The van der Waals surface area contributed by atoms with Crippen LogP contribution in [0.5, 0.6) is 0 Å². The minimum atomic E-state index is 0.659. The summed E-state index contributed by atoms with van der Waals surface area (Å²) in [4.78, 5) is 6.38. The first-order valence-electron chi connectivity index (χ1n) is 6.75. The average Bonchev–Trinajstić information content (AvgIpc) is 2.53. The number of nitrogens with zero attached hydrogens (tertiary/aromatic N) is 3. The molecule has 0 N–H and O–H groups in total. The van der Waals surface area contributed by atoms with Crippen LogP contribution in [0.1, 0.15) is 5.56 Å². The van der Waals surface area contributed by atoms with Gasteiger partial charge in [0.15, 0.2) is 0 Å². The Hall–Kier alpha value is -2.86. The smallest absolute Gasteiger partial charge is 0.0999 e.